The minimum atomic E-state index is -1.11. The molecule has 0 aromatic heterocycles. The smallest absolute Gasteiger partial charge is 0.335 e. The molecule has 4 nitrogen and oxygen atoms in total. The third kappa shape index (κ3) is 2.79. The molecule has 0 saturated carbocycles. The number of aliphatic hydroxyl groups excluding tert-OH is 1. The second kappa shape index (κ2) is 5.11. The van der Waals surface area contributed by atoms with Crippen molar-refractivity contribution in [2.75, 3.05) is 14.2 Å². The number of methoxy groups -OCH3 is 2. The zero-order valence-corrected chi connectivity index (χ0v) is 7.90. The van der Waals surface area contributed by atoms with Crippen LogP contribution >= 0.6 is 0 Å². The van der Waals surface area contributed by atoms with Gasteiger partial charge in [0.15, 0.2) is 6.10 Å². The van der Waals surface area contributed by atoms with Crippen molar-refractivity contribution in [3.8, 4) is 0 Å². The van der Waals surface area contributed by atoms with E-state index in [1.165, 1.54) is 14.2 Å². The molecule has 0 spiro atoms. The first-order valence-electron chi connectivity index (χ1n) is 3.83. The Morgan fingerprint density at radius 2 is 1.83 bits per heavy atom. The Morgan fingerprint density at radius 3 is 2.17 bits per heavy atom. The summed E-state index contributed by atoms with van der Waals surface area (Å²) in [5, 5.41) is 9.33. The van der Waals surface area contributed by atoms with Crippen LogP contribution in [-0.2, 0) is 14.3 Å². The lowest BCUT2D eigenvalue weighted by Crippen LogP contribution is -2.35. The van der Waals surface area contributed by atoms with Crippen LogP contribution in [0.1, 0.15) is 13.8 Å². The molecule has 0 amide bonds. The van der Waals surface area contributed by atoms with Gasteiger partial charge in [0, 0.05) is 13.0 Å². The fourth-order valence-electron chi connectivity index (χ4n) is 0.807. The Hall–Kier alpha value is -0.610. The summed E-state index contributed by atoms with van der Waals surface area (Å²) in [6.07, 6.45) is -1.27. The molecule has 72 valence electrons. The Labute approximate surface area is 72.5 Å². The molecule has 0 aromatic rings. The van der Waals surface area contributed by atoms with Crippen molar-refractivity contribution in [1.29, 1.82) is 0 Å². The fourth-order valence-corrected chi connectivity index (χ4v) is 0.807. The predicted molar refractivity (Wildman–Crippen MR) is 43.7 cm³/mol. The monoisotopic (exact) mass is 176 g/mol. The molecule has 0 fully saturated rings. The quantitative estimate of drug-likeness (QED) is 0.621. The molecule has 4 heteroatoms. The molecule has 1 N–H and O–H groups in total. The van der Waals surface area contributed by atoms with Gasteiger partial charge in [-0.2, -0.15) is 0 Å². The van der Waals surface area contributed by atoms with Crippen molar-refractivity contribution in [1.82, 2.24) is 0 Å². The van der Waals surface area contributed by atoms with Gasteiger partial charge in [0.05, 0.1) is 13.2 Å². The summed E-state index contributed by atoms with van der Waals surface area (Å²) >= 11 is 0. The van der Waals surface area contributed by atoms with E-state index in [2.05, 4.69) is 4.74 Å². The van der Waals surface area contributed by atoms with Gasteiger partial charge in [0.2, 0.25) is 0 Å². The minimum absolute atomic E-state index is 0.168. The molecule has 0 saturated heterocycles. The fraction of sp³-hybridized carbons (Fsp3) is 0.875. The third-order valence-electron chi connectivity index (χ3n) is 2.05. The molecule has 0 aliphatic carbocycles. The Bertz CT molecular complexity index is 146. The predicted octanol–water partition coefficient (Wildman–Crippen LogP) is 0.191. The van der Waals surface area contributed by atoms with Gasteiger partial charge in [-0.25, -0.2) is 4.79 Å². The number of hydrogen-bond donors (Lipinski definition) is 1. The van der Waals surface area contributed by atoms with Crippen molar-refractivity contribution in [3.05, 3.63) is 0 Å². The number of carbonyl (C=O) groups is 1. The molecule has 0 aliphatic rings. The highest BCUT2D eigenvalue weighted by atomic mass is 16.5. The summed E-state index contributed by atoms with van der Waals surface area (Å²) in [5.41, 5.74) is 0. The van der Waals surface area contributed by atoms with Gasteiger partial charge in [-0.05, 0) is 6.92 Å². The lowest BCUT2D eigenvalue weighted by molar-refractivity contribution is -0.155. The van der Waals surface area contributed by atoms with Crippen LogP contribution in [0.5, 0.6) is 0 Å². The molecule has 0 radical (unpaired) electrons. The summed E-state index contributed by atoms with van der Waals surface area (Å²) in [6.45, 7) is 3.52. The molecule has 0 aromatic carbocycles. The average Bonchev–Trinajstić information content (AvgIpc) is 2.12. The Balaban J connectivity index is 4.08. The molecule has 3 atom stereocenters. The number of rotatable bonds is 4. The summed E-state index contributed by atoms with van der Waals surface area (Å²) < 4.78 is 9.34. The van der Waals surface area contributed by atoms with Gasteiger partial charge >= 0.3 is 5.97 Å². The van der Waals surface area contributed by atoms with Gasteiger partial charge in [0.1, 0.15) is 0 Å². The van der Waals surface area contributed by atoms with E-state index in [9.17, 15) is 9.90 Å². The molecular formula is C8H16O4. The van der Waals surface area contributed by atoms with E-state index in [4.69, 9.17) is 4.74 Å². The van der Waals surface area contributed by atoms with Crippen molar-refractivity contribution >= 4 is 5.97 Å². The summed E-state index contributed by atoms with van der Waals surface area (Å²) in [6, 6.07) is 0. The standard InChI is InChI=1S/C8H16O4/c1-5(6(2)11-3)7(9)8(10)12-4/h5-7,9H,1-4H3. The van der Waals surface area contributed by atoms with E-state index in [-0.39, 0.29) is 12.0 Å². The van der Waals surface area contributed by atoms with Gasteiger partial charge in [-0.15, -0.1) is 0 Å². The Morgan fingerprint density at radius 1 is 1.33 bits per heavy atom. The maximum atomic E-state index is 10.8. The average molecular weight is 176 g/mol. The van der Waals surface area contributed by atoms with Crippen LogP contribution in [0.2, 0.25) is 0 Å². The van der Waals surface area contributed by atoms with Gasteiger partial charge < -0.3 is 14.6 Å². The zero-order valence-electron chi connectivity index (χ0n) is 7.90. The van der Waals surface area contributed by atoms with E-state index < -0.39 is 12.1 Å². The zero-order chi connectivity index (χ0) is 9.72. The lowest BCUT2D eigenvalue weighted by atomic mass is 9.99. The van der Waals surface area contributed by atoms with Crippen molar-refractivity contribution in [3.63, 3.8) is 0 Å². The normalized spacial score (nSPS) is 18.1. The third-order valence-corrected chi connectivity index (χ3v) is 2.05. The number of ether oxygens (including phenoxy) is 2. The van der Waals surface area contributed by atoms with Gasteiger partial charge in [-0.3, -0.25) is 0 Å². The Kier molecular flexibility index (Phi) is 4.85. The van der Waals surface area contributed by atoms with Gasteiger partial charge in [-0.1, -0.05) is 6.92 Å². The van der Waals surface area contributed by atoms with Crippen LogP contribution in [0.4, 0.5) is 0 Å². The van der Waals surface area contributed by atoms with Crippen molar-refractivity contribution < 1.29 is 19.4 Å². The summed E-state index contributed by atoms with van der Waals surface area (Å²) in [5.74, 6) is -0.881. The van der Waals surface area contributed by atoms with Gasteiger partial charge in [0.25, 0.3) is 0 Å². The number of hydrogen-bond acceptors (Lipinski definition) is 4. The number of aliphatic hydroxyl groups is 1. The molecule has 0 bridgehead atoms. The SMILES string of the molecule is COC(=O)C(O)C(C)C(C)OC. The maximum absolute atomic E-state index is 10.8. The molecule has 3 unspecified atom stereocenters. The van der Waals surface area contributed by atoms with Crippen LogP contribution in [0.15, 0.2) is 0 Å². The molecule has 0 rings (SSSR count). The highest BCUT2D eigenvalue weighted by Crippen LogP contribution is 2.11. The number of esters is 1. The van der Waals surface area contributed by atoms with Crippen LogP contribution in [0.25, 0.3) is 0 Å². The first kappa shape index (κ1) is 11.4. The van der Waals surface area contributed by atoms with Crippen LogP contribution in [0.3, 0.4) is 0 Å². The highest BCUT2D eigenvalue weighted by molar-refractivity contribution is 5.74. The highest BCUT2D eigenvalue weighted by Gasteiger charge is 2.27. The van der Waals surface area contributed by atoms with Crippen molar-refractivity contribution in [2.45, 2.75) is 26.1 Å². The van der Waals surface area contributed by atoms with E-state index in [0.29, 0.717) is 0 Å². The lowest BCUT2D eigenvalue weighted by Gasteiger charge is -2.21. The van der Waals surface area contributed by atoms with Crippen LogP contribution < -0.4 is 0 Å². The summed E-state index contributed by atoms with van der Waals surface area (Å²) in [4.78, 5) is 10.8. The second-order valence-corrected chi connectivity index (χ2v) is 2.77. The molecule has 0 aliphatic heterocycles. The molecule has 0 heterocycles. The molecule has 12 heavy (non-hydrogen) atoms. The van der Waals surface area contributed by atoms with E-state index in [0.717, 1.165) is 0 Å². The largest absolute Gasteiger partial charge is 0.467 e. The summed E-state index contributed by atoms with van der Waals surface area (Å²) in [7, 11) is 2.78. The maximum Gasteiger partial charge on any atom is 0.335 e. The van der Waals surface area contributed by atoms with E-state index in [1.54, 1.807) is 13.8 Å². The molecular weight excluding hydrogens is 160 g/mol. The second-order valence-electron chi connectivity index (χ2n) is 2.77. The van der Waals surface area contributed by atoms with E-state index in [1.807, 2.05) is 0 Å². The van der Waals surface area contributed by atoms with E-state index >= 15 is 0 Å². The number of carbonyl (C=O) groups excluding carboxylic acids is 1. The topological polar surface area (TPSA) is 55.8 Å². The minimum Gasteiger partial charge on any atom is -0.467 e. The van der Waals surface area contributed by atoms with Crippen LogP contribution in [0, 0.1) is 5.92 Å². The first-order valence-corrected chi connectivity index (χ1v) is 3.83. The van der Waals surface area contributed by atoms with Crippen LogP contribution in [-0.4, -0.2) is 37.5 Å². The van der Waals surface area contributed by atoms with Crippen molar-refractivity contribution in [2.24, 2.45) is 5.92 Å². The first-order chi connectivity index (χ1) is 5.54.